The number of nitrogens with zero attached hydrogens (tertiary/aromatic N) is 2. The van der Waals surface area contributed by atoms with E-state index in [1.165, 1.54) is 12.1 Å². The van der Waals surface area contributed by atoms with Crippen molar-refractivity contribution >= 4 is 39.9 Å². The molecular weight excluding hydrogens is 303 g/mol. The second kappa shape index (κ2) is 4.77. The van der Waals surface area contributed by atoms with Crippen LogP contribution in [0.15, 0.2) is 40.8 Å². The zero-order valence-electron chi connectivity index (χ0n) is 9.84. The molecule has 2 heterocycles. The molecule has 0 aliphatic heterocycles. The number of aromatic nitrogens is 1. The molecule has 0 saturated heterocycles. The van der Waals surface area contributed by atoms with Crippen molar-refractivity contribution in [1.29, 1.82) is 0 Å². The lowest BCUT2D eigenvalue weighted by molar-refractivity contribution is -0.384. The summed E-state index contributed by atoms with van der Waals surface area (Å²) in [7, 11) is 0. The topological polar surface area (TPSA) is 69.2 Å². The number of para-hydroxylation sites is 1. The fourth-order valence-electron chi connectivity index (χ4n) is 1.90. The Hall–Kier alpha value is -2.11. The van der Waals surface area contributed by atoms with Gasteiger partial charge in [-0.2, -0.15) is 0 Å². The second-order valence-electron chi connectivity index (χ2n) is 4.03. The lowest BCUT2D eigenvalue weighted by Crippen LogP contribution is -1.94. The van der Waals surface area contributed by atoms with Gasteiger partial charge in [0.25, 0.3) is 5.69 Å². The van der Waals surface area contributed by atoms with Crippen LogP contribution in [0.2, 0.25) is 10.2 Å². The molecule has 0 unspecified atom stereocenters. The number of nitro groups is 1. The first kappa shape index (κ1) is 12.9. The molecule has 0 N–H and O–H groups in total. The Morgan fingerprint density at radius 2 is 2.00 bits per heavy atom. The highest BCUT2D eigenvalue weighted by Crippen LogP contribution is 2.35. The van der Waals surface area contributed by atoms with Gasteiger partial charge in [-0.05, 0) is 18.2 Å². The molecule has 0 spiro atoms. The molecule has 5 nitrogen and oxygen atoms in total. The van der Waals surface area contributed by atoms with Gasteiger partial charge in [0.2, 0.25) is 0 Å². The fraction of sp³-hybridized carbons (Fsp3) is 0. The predicted octanol–water partition coefficient (Wildman–Crippen LogP) is 4.71. The van der Waals surface area contributed by atoms with Crippen molar-refractivity contribution in [2.45, 2.75) is 0 Å². The minimum Gasteiger partial charge on any atom is -0.453 e. The number of rotatable bonds is 2. The van der Waals surface area contributed by atoms with Gasteiger partial charge in [0, 0.05) is 11.5 Å². The molecule has 0 atom stereocenters. The third kappa shape index (κ3) is 2.11. The Labute approximate surface area is 122 Å². The number of hydrogen-bond acceptors (Lipinski definition) is 4. The number of hydrogen-bond donors (Lipinski definition) is 0. The Morgan fingerprint density at radius 3 is 2.70 bits per heavy atom. The molecule has 0 fully saturated rings. The first-order chi connectivity index (χ1) is 9.56. The zero-order chi connectivity index (χ0) is 14.3. The molecule has 3 aromatic rings. The minimum atomic E-state index is -0.534. The monoisotopic (exact) mass is 308 g/mol. The standard InChI is InChI=1S/C13H6Cl2N2O3/c14-8-3-1-2-7-6-10(20-13(7)8)12-9(17(18)19)4-5-11(15)16-12/h1-6H. The van der Waals surface area contributed by atoms with Gasteiger partial charge < -0.3 is 4.42 Å². The van der Waals surface area contributed by atoms with E-state index in [-0.39, 0.29) is 22.3 Å². The van der Waals surface area contributed by atoms with Crippen LogP contribution in [0.25, 0.3) is 22.4 Å². The van der Waals surface area contributed by atoms with E-state index >= 15 is 0 Å². The minimum absolute atomic E-state index is 0.0785. The Kier molecular flexibility index (Phi) is 3.08. The molecule has 100 valence electrons. The van der Waals surface area contributed by atoms with Crippen molar-refractivity contribution in [1.82, 2.24) is 4.98 Å². The van der Waals surface area contributed by atoms with E-state index in [4.69, 9.17) is 27.6 Å². The Morgan fingerprint density at radius 1 is 1.20 bits per heavy atom. The van der Waals surface area contributed by atoms with Crippen LogP contribution in [-0.2, 0) is 0 Å². The van der Waals surface area contributed by atoms with Crippen molar-refractivity contribution in [2.75, 3.05) is 0 Å². The van der Waals surface area contributed by atoms with E-state index in [9.17, 15) is 10.1 Å². The summed E-state index contributed by atoms with van der Waals surface area (Å²) in [5.41, 5.74) is 0.361. The van der Waals surface area contributed by atoms with Crippen molar-refractivity contribution < 1.29 is 9.34 Å². The molecule has 0 bridgehead atoms. The maximum atomic E-state index is 11.0. The Balaban J connectivity index is 2.27. The molecule has 0 saturated carbocycles. The lowest BCUT2D eigenvalue weighted by atomic mass is 10.2. The third-order valence-corrected chi connectivity index (χ3v) is 3.27. The van der Waals surface area contributed by atoms with Crippen LogP contribution >= 0.6 is 23.2 Å². The van der Waals surface area contributed by atoms with E-state index in [0.29, 0.717) is 10.6 Å². The number of pyridine rings is 1. The van der Waals surface area contributed by atoms with Gasteiger partial charge in [0.1, 0.15) is 5.15 Å². The zero-order valence-corrected chi connectivity index (χ0v) is 11.4. The maximum absolute atomic E-state index is 11.0. The lowest BCUT2D eigenvalue weighted by Gasteiger charge is -1.99. The molecule has 3 rings (SSSR count). The molecule has 7 heteroatoms. The molecule has 0 aliphatic carbocycles. The predicted molar refractivity (Wildman–Crippen MR) is 76.1 cm³/mol. The number of fused-ring (bicyclic) bond motifs is 1. The summed E-state index contributed by atoms with van der Waals surface area (Å²) in [5.74, 6) is 0.252. The summed E-state index contributed by atoms with van der Waals surface area (Å²) in [4.78, 5) is 14.5. The molecule has 0 radical (unpaired) electrons. The molecular formula is C13H6Cl2N2O3. The highest BCUT2D eigenvalue weighted by atomic mass is 35.5. The summed E-state index contributed by atoms with van der Waals surface area (Å²) in [6, 6.07) is 9.54. The Bertz CT molecular complexity index is 830. The number of furan rings is 1. The van der Waals surface area contributed by atoms with E-state index in [1.807, 2.05) is 0 Å². The van der Waals surface area contributed by atoms with E-state index in [0.717, 1.165) is 5.39 Å². The maximum Gasteiger partial charge on any atom is 0.298 e. The first-order valence-electron chi connectivity index (χ1n) is 5.55. The van der Waals surface area contributed by atoms with E-state index in [1.54, 1.807) is 24.3 Å². The summed E-state index contributed by atoms with van der Waals surface area (Å²) < 4.78 is 5.57. The van der Waals surface area contributed by atoms with Gasteiger partial charge in [-0.3, -0.25) is 10.1 Å². The van der Waals surface area contributed by atoms with Crippen molar-refractivity contribution in [3.8, 4) is 11.5 Å². The molecule has 1 aromatic carbocycles. The van der Waals surface area contributed by atoms with Crippen molar-refractivity contribution in [2.24, 2.45) is 0 Å². The van der Waals surface area contributed by atoms with Crippen LogP contribution in [0, 0.1) is 10.1 Å². The molecule has 0 amide bonds. The van der Waals surface area contributed by atoms with Crippen molar-refractivity contribution in [3.63, 3.8) is 0 Å². The van der Waals surface area contributed by atoms with Gasteiger partial charge in [-0.25, -0.2) is 4.98 Å². The SMILES string of the molecule is O=[N+]([O-])c1ccc(Cl)nc1-c1cc2cccc(Cl)c2o1. The highest BCUT2D eigenvalue weighted by molar-refractivity contribution is 6.34. The van der Waals surface area contributed by atoms with Gasteiger partial charge in [-0.15, -0.1) is 0 Å². The molecule has 20 heavy (non-hydrogen) atoms. The van der Waals surface area contributed by atoms with Crippen LogP contribution in [0.1, 0.15) is 0 Å². The van der Waals surface area contributed by atoms with Gasteiger partial charge >= 0.3 is 0 Å². The van der Waals surface area contributed by atoms with Crippen molar-refractivity contribution in [3.05, 3.63) is 56.7 Å². The summed E-state index contributed by atoms with van der Waals surface area (Å²) >= 11 is 11.8. The fourth-order valence-corrected chi connectivity index (χ4v) is 2.27. The van der Waals surface area contributed by atoms with Crippen LogP contribution < -0.4 is 0 Å². The normalized spacial score (nSPS) is 10.9. The average molecular weight is 309 g/mol. The summed E-state index contributed by atoms with van der Waals surface area (Å²) in [5, 5.41) is 12.4. The van der Waals surface area contributed by atoms with Gasteiger partial charge in [-0.1, -0.05) is 35.3 Å². The molecule has 2 aromatic heterocycles. The highest BCUT2D eigenvalue weighted by Gasteiger charge is 2.21. The summed E-state index contributed by atoms with van der Waals surface area (Å²) in [6.45, 7) is 0. The third-order valence-electron chi connectivity index (χ3n) is 2.77. The van der Waals surface area contributed by atoms with Crippen LogP contribution in [0.5, 0.6) is 0 Å². The molecule has 0 aliphatic rings. The van der Waals surface area contributed by atoms with Crippen LogP contribution in [-0.4, -0.2) is 9.91 Å². The van der Waals surface area contributed by atoms with Gasteiger partial charge in [0.15, 0.2) is 17.0 Å². The van der Waals surface area contributed by atoms with E-state index in [2.05, 4.69) is 4.98 Å². The van der Waals surface area contributed by atoms with Gasteiger partial charge in [0.05, 0.1) is 9.95 Å². The first-order valence-corrected chi connectivity index (χ1v) is 6.31. The van der Waals surface area contributed by atoms with Crippen LogP contribution in [0.4, 0.5) is 5.69 Å². The van der Waals surface area contributed by atoms with E-state index < -0.39 is 4.92 Å². The second-order valence-corrected chi connectivity index (χ2v) is 4.82. The average Bonchev–Trinajstić information content (AvgIpc) is 2.83. The quantitative estimate of drug-likeness (QED) is 0.390. The number of benzene rings is 1. The van der Waals surface area contributed by atoms with Crippen LogP contribution in [0.3, 0.4) is 0 Å². The smallest absolute Gasteiger partial charge is 0.298 e. The summed E-state index contributed by atoms with van der Waals surface area (Å²) in [6.07, 6.45) is 0. The largest absolute Gasteiger partial charge is 0.453 e. The number of halogens is 2.